The van der Waals surface area contributed by atoms with Gasteiger partial charge in [0.25, 0.3) is 0 Å². The molecule has 14 heavy (non-hydrogen) atoms. The van der Waals surface area contributed by atoms with E-state index in [9.17, 15) is 0 Å². The summed E-state index contributed by atoms with van der Waals surface area (Å²) in [6.45, 7) is 0. The summed E-state index contributed by atoms with van der Waals surface area (Å²) in [6.07, 6.45) is 5.98. The Hall–Kier alpha value is -1.51. The largest absolute Gasteiger partial charge is 0.399 e. The van der Waals surface area contributed by atoms with Crippen LogP contribution >= 0.6 is 0 Å². The van der Waals surface area contributed by atoms with E-state index in [-0.39, 0.29) is 0 Å². The first kappa shape index (κ1) is 7.85. The predicted molar refractivity (Wildman–Crippen MR) is 57.0 cm³/mol. The number of aromatic nitrogens is 2. The molecule has 1 aromatic carbocycles. The van der Waals surface area contributed by atoms with Crippen molar-refractivity contribution >= 4 is 16.6 Å². The summed E-state index contributed by atoms with van der Waals surface area (Å²) >= 11 is 0. The van der Waals surface area contributed by atoms with E-state index in [0.717, 1.165) is 16.6 Å². The second-order valence-corrected chi connectivity index (χ2v) is 4.01. The fourth-order valence-electron chi connectivity index (χ4n) is 1.90. The fraction of sp³-hybridized carbons (Fsp3) is 0.364. The maximum Gasteiger partial charge on any atom is 0.0924 e. The smallest absolute Gasteiger partial charge is 0.0924 e. The summed E-state index contributed by atoms with van der Waals surface area (Å²) in [5, 5.41) is 5.69. The molecule has 2 aromatic rings. The van der Waals surface area contributed by atoms with Gasteiger partial charge in [-0.2, -0.15) is 5.10 Å². The highest BCUT2D eigenvalue weighted by molar-refractivity contribution is 5.81. The minimum absolute atomic E-state index is 0.628. The van der Waals surface area contributed by atoms with Gasteiger partial charge in [0.05, 0.1) is 11.6 Å². The molecule has 3 heteroatoms. The van der Waals surface area contributed by atoms with Crippen molar-refractivity contribution in [3.05, 3.63) is 24.4 Å². The van der Waals surface area contributed by atoms with Crippen molar-refractivity contribution in [3.63, 3.8) is 0 Å². The van der Waals surface area contributed by atoms with Crippen LogP contribution in [0.3, 0.4) is 0 Å². The summed E-state index contributed by atoms with van der Waals surface area (Å²) in [5.74, 6) is 0. The van der Waals surface area contributed by atoms with Crippen LogP contribution in [0.2, 0.25) is 0 Å². The molecule has 0 bridgehead atoms. The Bertz CT molecular complexity index is 468. The Labute approximate surface area is 82.5 Å². The fourth-order valence-corrected chi connectivity index (χ4v) is 1.90. The molecule has 2 N–H and O–H groups in total. The second-order valence-electron chi connectivity index (χ2n) is 4.01. The van der Waals surface area contributed by atoms with Crippen LogP contribution in [-0.2, 0) is 0 Å². The number of nitrogens with two attached hydrogens (primary N) is 1. The molecule has 1 aromatic heterocycles. The third-order valence-corrected chi connectivity index (χ3v) is 2.99. The first-order chi connectivity index (χ1) is 6.83. The predicted octanol–water partition coefficient (Wildman–Crippen LogP) is 2.34. The van der Waals surface area contributed by atoms with Crippen LogP contribution in [0.25, 0.3) is 10.9 Å². The van der Waals surface area contributed by atoms with Gasteiger partial charge in [0, 0.05) is 17.3 Å². The molecule has 0 spiro atoms. The SMILES string of the molecule is Nc1ccc2nn(C3CCC3)cc2c1. The molecule has 72 valence electrons. The summed E-state index contributed by atoms with van der Waals surface area (Å²) in [5.41, 5.74) is 7.58. The number of rotatable bonds is 1. The van der Waals surface area contributed by atoms with Crippen molar-refractivity contribution in [1.82, 2.24) is 9.78 Å². The lowest BCUT2D eigenvalue weighted by molar-refractivity contribution is 0.291. The molecule has 1 aliphatic rings. The van der Waals surface area contributed by atoms with Gasteiger partial charge in [0.1, 0.15) is 0 Å². The zero-order valence-electron chi connectivity index (χ0n) is 7.98. The Balaban J connectivity index is 2.10. The van der Waals surface area contributed by atoms with Gasteiger partial charge >= 0.3 is 0 Å². The molecule has 0 amide bonds. The van der Waals surface area contributed by atoms with Crippen molar-refractivity contribution in [2.45, 2.75) is 25.3 Å². The van der Waals surface area contributed by atoms with E-state index in [2.05, 4.69) is 16.0 Å². The summed E-state index contributed by atoms with van der Waals surface area (Å²) in [4.78, 5) is 0. The van der Waals surface area contributed by atoms with Crippen LogP contribution in [-0.4, -0.2) is 9.78 Å². The molecule has 3 rings (SSSR count). The van der Waals surface area contributed by atoms with E-state index < -0.39 is 0 Å². The van der Waals surface area contributed by atoms with Crippen LogP contribution in [0.4, 0.5) is 5.69 Å². The van der Waals surface area contributed by atoms with Gasteiger partial charge in [-0.1, -0.05) is 0 Å². The van der Waals surface area contributed by atoms with Gasteiger partial charge in [0.15, 0.2) is 0 Å². The normalized spacial score (nSPS) is 17.1. The lowest BCUT2D eigenvalue weighted by atomic mass is 9.93. The number of nitrogens with zero attached hydrogens (tertiary/aromatic N) is 2. The number of benzene rings is 1. The number of anilines is 1. The Morgan fingerprint density at radius 3 is 2.93 bits per heavy atom. The Morgan fingerprint density at radius 1 is 1.36 bits per heavy atom. The molecule has 0 radical (unpaired) electrons. The van der Waals surface area contributed by atoms with E-state index in [1.54, 1.807) is 0 Å². The lowest BCUT2D eigenvalue weighted by Gasteiger charge is -2.25. The van der Waals surface area contributed by atoms with E-state index >= 15 is 0 Å². The third-order valence-electron chi connectivity index (χ3n) is 2.99. The minimum Gasteiger partial charge on any atom is -0.399 e. The van der Waals surface area contributed by atoms with Gasteiger partial charge in [0.2, 0.25) is 0 Å². The zero-order chi connectivity index (χ0) is 9.54. The van der Waals surface area contributed by atoms with Gasteiger partial charge in [-0.05, 0) is 37.5 Å². The van der Waals surface area contributed by atoms with Crippen molar-refractivity contribution in [3.8, 4) is 0 Å². The highest BCUT2D eigenvalue weighted by atomic mass is 15.3. The van der Waals surface area contributed by atoms with Crippen molar-refractivity contribution in [2.75, 3.05) is 5.73 Å². The van der Waals surface area contributed by atoms with Crippen LogP contribution in [0.5, 0.6) is 0 Å². The lowest BCUT2D eigenvalue weighted by Crippen LogP contribution is -2.16. The number of hydrogen-bond acceptors (Lipinski definition) is 2. The minimum atomic E-state index is 0.628. The quantitative estimate of drug-likeness (QED) is 0.696. The van der Waals surface area contributed by atoms with Crippen molar-refractivity contribution in [2.24, 2.45) is 0 Å². The molecule has 1 heterocycles. The number of nitrogen functional groups attached to an aromatic ring is 1. The van der Waals surface area contributed by atoms with E-state index in [0.29, 0.717) is 6.04 Å². The molecule has 1 fully saturated rings. The summed E-state index contributed by atoms with van der Waals surface area (Å²) in [6, 6.07) is 6.50. The van der Waals surface area contributed by atoms with Gasteiger partial charge in [-0.25, -0.2) is 0 Å². The van der Waals surface area contributed by atoms with Crippen LogP contribution in [0, 0.1) is 0 Å². The molecule has 0 atom stereocenters. The Kier molecular flexibility index (Phi) is 1.54. The second kappa shape index (κ2) is 2.74. The van der Waals surface area contributed by atoms with Gasteiger partial charge in [-0.3, -0.25) is 4.68 Å². The first-order valence-corrected chi connectivity index (χ1v) is 5.07. The van der Waals surface area contributed by atoms with E-state index in [1.807, 2.05) is 18.2 Å². The number of fused-ring (bicyclic) bond motifs is 1. The monoisotopic (exact) mass is 187 g/mol. The van der Waals surface area contributed by atoms with Crippen LogP contribution in [0.1, 0.15) is 25.3 Å². The molecule has 0 aliphatic heterocycles. The molecular formula is C11H13N3. The average Bonchev–Trinajstić information content (AvgIpc) is 2.43. The summed E-state index contributed by atoms with van der Waals surface area (Å²) in [7, 11) is 0. The Morgan fingerprint density at radius 2 is 2.21 bits per heavy atom. The topological polar surface area (TPSA) is 43.8 Å². The highest BCUT2D eigenvalue weighted by Crippen LogP contribution is 2.32. The molecular weight excluding hydrogens is 174 g/mol. The number of hydrogen-bond donors (Lipinski definition) is 1. The first-order valence-electron chi connectivity index (χ1n) is 5.07. The molecule has 0 saturated heterocycles. The van der Waals surface area contributed by atoms with Crippen LogP contribution in [0.15, 0.2) is 24.4 Å². The van der Waals surface area contributed by atoms with E-state index in [4.69, 9.17) is 5.73 Å². The maximum atomic E-state index is 5.72. The summed E-state index contributed by atoms with van der Waals surface area (Å²) < 4.78 is 2.09. The average molecular weight is 187 g/mol. The maximum absolute atomic E-state index is 5.72. The zero-order valence-corrected chi connectivity index (χ0v) is 7.98. The molecule has 3 nitrogen and oxygen atoms in total. The van der Waals surface area contributed by atoms with Gasteiger partial charge < -0.3 is 5.73 Å². The molecule has 0 unspecified atom stereocenters. The van der Waals surface area contributed by atoms with Crippen LogP contribution < -0.4 is 5.73 Å². The van der Waals surface area contributed by atoms with Gasteiger partial charge in [-0.15, -0.1) is 0 Å². The van der Waals surface area contributed by atoms with Crippen molar-refractivity contribution < 1.29 is 0 Å². The standard InChI is InChI=1S/C11H13N3/c12-9-4-5-11-8(6-9)7-14(13-11)10-2-1-3-10/h4-7,10H,1-3,12H2. The molecule has 1 saturated carbocycles. The highest BCUT2D eigenvalue weighted by Gasteiger charge is 2.20. The molecule has 1 aliphatic carbocycles. The van der Waals surface area contributed by atoms with E-state index in [1.165, 1.54) is 19.3 Å². The van der Waals surface area contributed by atoms with Crippen molar-refractivity contribution in [1.29, 1.82) is 0 Å². The third kappa shape index (κ3) is 1.09.